The zero-order chi connectivity index (χ0) is 18.4. The van der Waals surface area contributed by atoms with E-state index in [9.17, 15) is 14.7 Å². The molecule has 1 atom stereocenters. The number of nitrogens with zero attached hydrogens (tertiary/aromatic N) is 2. The molecular weight excluding hydrogens is 322 g/mol. The first-order valence-electron chi connectivity index (χ1n) is 7.99. The van der Waals surface area contributed by atoms with Gasteiger partial charge in [-0.25, -0.2) is 4.79 Å². The minimum absolute atomic E-state index is 0.0601. The van der Waals surface area contributed by atoms with E-state index in [2.05, 4.69) is 21.5 Å². The fourth-order valence-corrected chi connectivity index (χ4v) is 2.54. The number of benzene rings is 1. The van der Waals surface area contributed by atoms with Gasteiger partial charge in [-0.05, 0) is 24.6 Å². The number of hydrogen-bond acceptors (Lipinski definition) is 5. The molecule has 0 radical (unpaired) electrons. The van der Waals surface area contributed by atoms with Crippen molar-refractivity contribution in [1.82, 2.24) is 5.32 Å². The summed E-state index contributed by atoms with van der Waals surface area (Å²) in [4.78, 5) is 23.4. The molecule has 2 rings (SSSR count). The van der Waals surface area contributed by atoms with Crippen molar-refractivity contribution in [2.24, 2.45) is 10.2 Å². The number of carbonyl (C=O) groups is 2. The summed E-state index contributed by atoms with van der Waals surface area (Å²) in [5, 5.41) is 20.1. The number of carboxylic acid groups (broad SMARTS) is 1. The van der Waals surface area contributed by atoms with E-state index >= 15 is 0 Å². The van der Waals surface area contributed by atoms with Crippen molar-refractivity contribution in [3.05, 3.63) is 29.3 Å². The topological polar surface area (TPSA) is 100 Å². The van der Waals surface area contributed by atoms with Crippen LogP contribution in [0.5, 0.6) is 5.75 Å². The average molecular weight is 343 g/mol. The number of aromatic carboxylic acids is 1. The number of ether oxygens (including phenoxy) is 1. The summed E-state index contributed by atoms with van der Waals surface area (Å²) < 4.78 is 5.03. The van der Waals surface area contributed by atoms with Crippen LogP contribution in [-0.4, -0.2) is 29.8 Å². The lowest BCUT2D eigenvalue weighted by Gasteiger charge is -2.16. The summed E-state index contributed by atoms with van der Waals surface area (Å²) >= 11 is 0. The van der Waals surface area contributed by atoms with Crippen LogP contribution in [0.3, 0.4) is 0 Å². The molecule has 25 heavy (non-hydrogen) atoms. The second-order valence-electron chi connectivity index (χ2n) is 5.94. The Kier molecular flexibility index (Phi) is 5.75. The highest BCUT2D eigenvalue weighted by molar-refractivity contribution is 5.91. The molecule has 1 amide bonds. The summed E-state index contributed by atoms with van der Waals surface area (Å²) in [6, 6.07) is 4.49. The molecule has 0 unspecified atom stereocenters. The molecule has 1 aliphatic rings. The van der Waals surface area contributed by atoms with Gasteiger partial charge in [-0.3, -0.25) is 4.79 Å². The van der Waals surface area contributed by atoms with Crippen LogP contribution in [0, 0.1) is 12.3 Å². The second kappa shape index (κ2) is 7.79. The SMILES string of the molecule is C#CCCC1(CCC(=O)N[C@@H](C)c2ccc(OC)c(C(=O)O)c2)N=N1. The third kappa shape index (κ3) is 4.80. The number of hydrogen-bond donors (Lipinski definition) is 2. The maximum atomic E-state index is 12.1. The standard InChI is InChI=1S/C18H21N3O4/c1-4-5-9-18(20-21-18)10-8-16(22)19-12(2)13-6-7-15(25-3)14(11-13)17(23)24/h1,6-7,11-12H,5,8-10H2,2-3H3,(H,19,22)(H,23,24)/t12-/m0/s1. The van der Waals surface area contributed by atoms with Crippen LogP contribution in [0.1, 0.15) is 54.6 Å². The molecule has 1 aromatic carbocycles. The molecule has 0 aromatic heterocycles. The molecule has 132 valence electrons. The van der Waals surface area contributed by atoms with E-state index in [0.717, 1.165) is 0 Å². The van der Waals surface area contributed by atoms with Crippen molar-refractivity contribution in [2.75, 3.05) is 7.11 Å². The second-order valence-corrected chi connectivity index (χ2v) is 5.94. The first-order valence-corrected chi connectivity index (χ1v) is 7.99. The van der Waals surface area contributed by atoms with Gasteiger partial charge in [0, 0.05) is 25.7 Å². The molecule has 0 spiro atoms. The highest BCUT2D eigenvalue weighted by Crippen LogP contribution is 2.37. The van der Waals surface area contributed by atoms with Gasteiger partial charge < -0.3 is 15.2 Å². The third-order valence-corrected chi connectivity index (χ3v) is 4.14. The summed E-state index contributed by atoms with van der Waals surface area (Å²) in [5.41, 5.74) is 0.267. The number of rotatable bonds is 9. The Balaban J connectivity index is 1.92. The van der Waals surface area contributed by atoms with E-state index in [1.54, 1.807) is 19.1 Å². The number of terminal acetylenes is 1. The number of amides is 1. The molecule has 0 aliphatic carbocycles. The zero-order valence-corrected chi connectivity index (χ0v) is 14.3. The average Bonchev–Trinajstić information content (AvgIpc) is 3.38. The van der Waals surface area contributed by atoms with Crippen molar-refractivity contribution < 1.29 is 19.4 Å². The first kappa shape index (κ1) is 18.5. The van der Waals surface area contributed by atoms with Crippen LogP contribution in [0.4, 0.5) is 0 Å². The maximum absolute atomic E-state index is 12.1. The molecule has 0 saturated carbocycles. The van der Waals surface area contributed by atoms with Gasteiger partial charge in [0.1, 0.15) is 11.3 Å². The van der Waals surface area contributed by atoms with Gasteiger partial charge >= 0.3 is 5.97 Å². The summed E-state index contributed by atoms with van der Waals surface area (Å²) in [7, 11) is 1.41. The Labute approximate surface area is 146 Å². The first-order chi connectivity index (χ1) is 11.9. The van der Waals surface area contributed by atoms with E-state index in [0.29, 0.717) is 24.8 Å². The maximum Gasteiger partial charge on any atom is 0.339 e. The smallest absolute Gasteiger partial charge is 0.339 e. The van der Waals surface area contributed by atoms with E-state index in [1.807, 2.05) is 0 Å². The van der Waals surface area contributed by atoms with Gasteiger partial charge in [0.2, 0.25) is 5.91 Å². The van der Waals surface area contributed by atoms with Crippen LogP contribution >= 0.6 is 0 Å². The van der Waals surface area contributed by atoms with Crippen molar-refractivity contribution >= 4 is 11.9 Å². The minimum Gasteiger partial charge on any atom is -0.496 e. The Bertz CT molecular complexity index is 730. The summed E-state index contributed by atoms with van der Waals surface area (Å²) in [6.45, 7) is 1.80. The van der Waals surface area contributed by atoms with E-state index < -0.39 is 11.6 Å². The van der Waals surface area contributed by atoms with Gasteiger partial charge in [-0.1, -0.05) is 6.07 Å². The predicted octanol–water partition coefficient (Wildman–Crippen LogP) is 2.93. The van der Waals surface area contributed by atoms with E-state index in [4.69, 9.17) is 11.2 Å². The van der Waals surface area contributed by atoms with E-state index in [-0.39, 0.29) is 29.7 Å². The highest BCUT2D eigenvalue weighted by atomic mass is 16.5. The van der Waals surface area contributed by atoms with Gasteiger partial charge in [0.15, 0.2) is 5.66 Å². The zero-order valence-electron chi connectivity index (χ0n) is 14.3. The van der Waals surface area contributed by atoms with Gasteiger partial charge in [-0.2, -0.15) is 10.2 Å². The number of carboxylic acids is 1. The fraction of sp³-hybridized carbons (Fsp3) is 0.444. The lowest BCUT2D eigenvalue weighted by molar-refractivity contribution is -0.122. The number of carbonyl (C=O) groups excluding carboxylic acids is 1. The highest BCUT2D eigenvalue weighted by Gasteiger charge is 2.39. The lowest BCUT2D eigenvalue weighted by atomic mass is 10.0. The molecular formula is C18H21N3O4. The molecule has 1 heterocycles. The predicted molar refractivity (Wildman–Crippen MR) is 91.4 cm³/mol. The van der Waals surface area contributed by atoms with Crippen molar-refractivity contribution in [3.63, 3.8) is 0 Å². The van der Waals surface area contributed by atoms with Crippen LogP contribution < -0.4 is 10.1 Å². The molecule has 0 bridgehead atoms. The fourth-order valence-electron chi connectivity index (χ4n) is 2.54. The van der Waals surface area contributed by atoms with Crippen molar-refractivity contribution in [2.45, 2.75) is 44.3 Å². The monoisotopic (exact) mass is 343 g/mol. The molecule has 7 heteroatoms. The molecule has 1 aliphatic heterocycles. The summed E-state index contributed by atoms with van der Waals surface area (Å²) in [5.74, 6) is 1.61. The van der Waals surface area contributed by atoms with E-state index in [1.165, 1.54) is 13.2 Å². The molecule has 1 aromatic rings. The van der Waals surface area contributed by atoms with Gasteiger partial charge in [0.05, 0.1) is 13.2 Å². The lowest BCUT2D eigenvalue weighted by Crippen LogP contribution is -2.28. The van der Waals surface area contributed by atoms with Crippen LogP contribution in [0.25, 0.3) is 0 Å². The van der Waals surface area contributed by atoms with Crippen molar-refractivity contribution in [3.8, 4) is 18.1 Å². The van der Waals surface area contributed by atoms with Crippen LogP contribution in [0.15, 0.2) is 28.4 Å². The quantitative estimate of drug-likeness (QED) is 0.673. The normalized spacial score (nSPS) is 15.1. The van der Waals surface area contributed by atoms with Crippen LogP contribution in [-0.2, 0) is 4.79 Å². The molecule has 0 saturated heterocycles. The molecule has 0 fully saturated rings. The van der Waals surface area contributed by atoms with Gasteiger partial charge in [0.25, 0.3) is 0 Å². The largest absolute Gasteiger partial charge is 0.496 e. The summed E-state index contributed by atoms with van der Waals surface area (Å²) in [6.07, 6.45) is 7.28. The number of nitrogens with one attached hydrogen (secondary N) is 1. The Hall–Kier alpha value is -2.88. The Morgan fingerprint density at radius 3 is 2.68 bits per heavy atom. The minimum atomic E-state index is -1.08. The molecule has 7 nitrogen and oxygen atoms in total. The number of methoxy groups -OCH3 is 1. The Morgan fingerprint density at radius 2 is 2.12 bits per heavy atom. The Morgan fingerprint density at radius 1 is 1.40 bits per heavy atom. The van der Waals surface area contributed by atoms with Crippen LogP contribution in [0.2, 0.25) is 0 Å². The third-order valence-electron chi connectivity index (χ3n) is 4.14. The van der Waals surface area contributed by atoms with Crippen molar-refractivity contribution in [1.29, 1.82) is 0 Å². The van der Waals surface area contributed by atoms with Gasteiger partial charge in [-0.15, -0.1) is 12.3 Å². The molecule has 2 N–H and O–H groups in total.